The predicted octanol–water partition coefficient (Wildman–Crippen LogP) is 3.06. The number of rotatable bonds is 5. The third kappa shape index (κ3) is 5.23. The topological polar surface area (TPSA) is 123 Å². The van der Waals surface area contributed by atoms with Gasteiger partial charge >= 0.3 is 0 Å². The van der Waals surface area contributed by atoms with E-state index in [1.165, 1.54) is 12.8 Å². The molecule has 3 atom stereocenters. The average molecular weight is 497 g/mol. The molecule has 5 rings (SSSR count). The van der Waals surface area contributed by atoms with Gasteiger partial charge in [-0.2, -0.15) is 0 Å². The monoisotopic (exact) mass is 496 g/mol. The van der Waals surface area contributed by atoms with Gasteiger partial charge in [-0.3, -0.25) is 14.4 Å². The summed E-state index contributed by atoms with van der Waals surface area (Å²) in [4.78, 5) is 40.0. The first kappa shape index (κ1) is 24.3. The molecule has 192 valence electrons. The number of benzene rings is 1. The van der Waals surface area contributed by atoms with Crippen LogP contribution in [0.15, 0.2) is 28.8 Å². The summed E-state index contributed by atoms with van der Waals surface area (Å²) in [5.74, 6) is 0.342. The number of aromatic nitrogens is 1. The van der Waals surface area contributed by atoms with Gasteiger partial charge in [0, 0.05) is 24.8 Å². The quantitative estimate of drug-likeness (QED) is 0.652. The molecule has 0 bridgehead atoms. The van der Waals surface area contributed by atoms with Gasteiger partial charge in [0.1, 0.15) is 24.2 Å². The maximum atomic E-state index is 13.4. The number of aryl methyl sites for hydroxylation is 1. The maximum absolute atomic E-state index is 13.4. The number of carbonyl (C=O) groups is 3. The molecule has 1 aromatic heterocycles. The van der Waals surface area contributed by atoms with Crippen LogP contribution in [0, 0.1) is 6.92 Å². The van der Waals surface area contributed by atoms with Crippen molar-refractivity contribution in [3.8, 4) is 5.75 Å². The summed E-state index contributed by atoms with van der Waals surface area (Å²) in [7, 11) is 1.76. The van der Waals surface area contributed by atoms with Crippen molar-refractivity contribution in [1.82, 2.24) is 15.4 Å². The molecule has 0 spiro atoms. The van der Waals surface area contributed by atoms with Crippen molar-refractivity contribution in [2.45, 2.75) is 76.2 Å². The van der Waals surface area contributed by atoms with Crippen molar-refractivity contribution in [3.63, 3.8) is 0 Å². The molecule has 0 unspecified atom stereocenters. The number of carbonyl (C=O) groups excluding carboxylic acids is 3. The molecular weight excluding hydrogens is 464 g/mol. The van der Waals surface area contributed by atoms with Gasteiger partial charge < -0.3 is 29.5 Å². The van der Waals surface area contributed by atoms with Gasteiger partial charge in [0.15, 0.2) is 5.69 Å². The number of nitrogens with zero attached hydrogens (tertiary/aromatic N) is 2. The van der Waals surface area contributed by atoms with E-state index in [1.54, 1.807) is 43.1 Å². The molecule has 1 aliphatic carbocycles. The molecule has 0 radical (unpaired) electrons. The molecule has 10 heteroatoms. The molecule has 3 amide bonds. The Morgan fingerprint density at radius 1 is 1.14 bits per heavy atom. The summed E-state index contributed by atoms with van der Waals surface area (Å²) >= 11 is 0. The van der Waals surface area contributed by atoms with Crippen molar-refractivity contribution in [2.24, 2.45) is 0 Å². The summed E-state index contributed by atoms with van der Waals surface area (Å²) < 4.78 is 17.2. The van der Waals surface area contributed by atoms with Gasteiger partial charge in [-0.15, -0.1) is 0 Å². The number of nitrogens with one attached hydrogen (secondary N) is 2. The number of hydrogen-bond acceptors (Lipinski definition) is 7. The van der Waals surface area contributed by atoms with Gasteiger partial charge in [0.2, 0.25) is 5.91 Å². The van der Waals surface area contributed by atoms with Crippen molar-refractivity contribution in [1.29, 1.82) is 0 Å². The van der Waals surface area contributed by atoms with Crippen LogP contribution in [0.25, 0.3) is 0 Å². The van der Waals surface area contributed by atoms with Gasteiger partial charge in [-0.1, -0.05) is 18.0 Å². The first-order valence-corrected chi connectivity index (χ1v) is 12.6. The molecule has 2 N–H and O–H groups in total. The van der Waals surface area contributed by atoms with Crippen LogP contribution in [-0.2, 0) is 9.53 Å². The second-order valence-corrected chi connectivity index (χ2v) is 9.91. The molecule has 3 heterocycles. The summed E-state index contributed by atoms with van der Waals surface area (Å²) in [6.07, 6.45) is 5.64. The van der Waals surface area contributed by atoms with Gasteiger partial charge in [-0.05, 0) is 50.8 Å². The molecule has 3 aliphatic rings. The lowest BCUT2D eigenvalue weighted by Crippen LogP contribution is -2.54. The Hall–Kier alpha value is -3.40. The minimum atomic E-state index is -0.428. The van der Waals surface area contributed by atoms with Crippen LogP contribution in [-0.4, -0.2) is 65.7 Å². The molecular formula is C26H32N4O6. The lowest BCUT2D eigenvalue weighted by molar-refractivity contribution is -0.134. The Bertz CT molecular complexity index is 1140. The third-order valence-electron chi connectivity index (χ3n) is 7.26. The Kier molecular flexibility index (Phi) is 6.95. The van der Waals surface area contributed by atoms with Gasteiger partial charge in [0.25, 0.3) is 11.8 Å². The molecule has 2 aromatic rings. The summed E-state index contributed by atoms with van der Waals surface area (Å²) in [6.45, 7) is 1.97. The SMILES string of the molecule is Cc1cc(C(=O)Nc2ccc3c(c2)C(=O)N(C)[C@@H]2CC[C@@H](CC(=O)NC4CCCC4)O[C@H]2CO3)no1. The fourth-order valence-electron chi connectivity index (χ4n) is 5.34. The largest absolute Gasteiger partial charge is 0.490 e. The van der Waals surface area contributed by atoms with Crippen LogP contribution >= 0.6 is 0 Å². The van der Waals surface area contributed by atoms with Gasteiger partial charge in [-0.25, -0.2) is 0 Å². The maximum Gasteiger partial charge on any atom is 0.277 e. The number of likely N-dealkylation sites (N-methyl/N-ethyl adjacent to an activating group) is 1. The van der Waals surface area contributed by atoms with E-state index in [2.05, 4.69) is 15.8 Å². The zero-order valence-corrected chi connectivity index (χ0v) is 20.6. The molecule has 1 aromatic carbocycles. The highest BCUT2D eigenvalue weighted by Gasteiger charge is 2.39. The van der Waals surface area contributed by atoms with Crippen molar-refractivity contribution in [2.75, 3.05) is 19.0 Å². The van der Waals surface area contributed by atoms with Crippen LogP contribution in [0.5, 0.6) is 5.75 Å². The molecule has 1 saturated carbocycles. The van der Waals surface area contributed by atoms with E-state index in [0.29, 0.717) is 35.6 Å². The molecule has 2 aliphatic heterocycles. The first-order valence-electron chi connectivity index (χ1n) is 12.6. The van der Waals surface area contributed by atoms with Crippen LogP contribution < -0.4 is 15.4 Å². The smallest absolute Gasteiger partial charge is 0.277 e. The van der Waals surface area contributed by atoms with Crippen molar-refractivity contribution >= 4 is 23.4 Å². The molecule has 10 nitrogen and oxygen atoms in total. The number of fused-ring (bicyclic) bond motifs is 2. The number of ether oxygens (including phenoxy) is 2. The normalized spacial score (nSPS) is 24.2. The highest BCUT2D eigenvalue weighted by molar-refractivity contribution is 6.04. The minimum Gasteiger partial charge on any atom is -0.490 e. The summed E-state index contributed by atoms with van der Waals surface area (Å²) in [5.41, 5.74) is 0.978. The van der Waals surface area contributed by atoms with E-state index >= 15 is 0 Å². The van der Waals surface area contributed by atoms with E-state index in [0.717, 1.165) is 19.3 Å². The van der Waals surface area contributed by atoms with Crippen molar-refractivity contribution < 1.29 is 28.4 Å². The molecule has 36 heavy (non-hydrogen) atoms. The number of hydrogen-bond donors (Lipinski definition) is 2. The van der Waals surface area contributed by atoms with E-state index in [4.69, 9.17) is 14.0 Å². The summed E-state index contributed by atoms with van der Waals surface area (Å²) in [5, 5.41) is 9.60. The summed E-state index contributed by atoms with van der Waals surface area (Å²) in [6, 6.07) is 6.61. The van der Waals surface area contributed by atoms with E-state index in [9.17, 15) is 14.4 Å². The van der Waals surface area contributed by atoms with Crippen LogP contribution in [0.3, 0.4) is 0 Å². The Morgan fingerprint density at radius 3 is 2.69 bits per heavy atom. The minimum absolute atomic E-state index is 0.0299. The zero-order chi connectivity index (χ0) is 25.2. The zero-order valence-electron chi connectivity index (χ0n) is 20.6. The second kappa shape index (κ2) is 10.3. The molecule has 2 fully saturated rings. The standard InChI is InChI=1S/C26H32N4O6/c1-15-11-20(29-36-15)25(32)28-17-7-10-22-19(12-17)26(33)30(2)21-9-8-18(35-23(21)14-34-22)13-24(31)27-16-5-3-4-6-16/h7,10-12,16,18,21,23H,3-6,8-9,13-14H2,1-2H3,(H,27,31)(H,28,32)/t18-,21+,23-/m0/s1. The van der Waals surface area contributed by atoms with Crippen molar-refractivity contribution in [3.05, 3.63) is 41.3 Å². The predicted molar refractivity (Wildman–Crippen MR) is 130 cm³/mol. The first-order chi connectivity index (χ1) is 17.4. The van der Waals surface area contributed by atoms with E-state index < -0.39 is 5.91 Å². The highest BCUT2D eigenvalue weighted by Crippen LogP contribution is 2.32. The highest BCUT2D eigenvalue weighted by atomic mass is 16.5. The van der Waals surface area contributed by atoms with E-state index in [-0.39, 0.29) is 48.4 Å². The average Bonchev–Trinajstić information content (AvgIpc) is 3.53. The molecule has 1 saturated heterocycles. The Balaban J connectivity index is 1.25. The van der Waals surface area contributed by atoms with E-state index in [1.807, 2.05) is 0 Å². The van der Waals surface area contributed by atoms with Crippen LogP contribution in [0.1, 0.15) is 71.6 Å². The van der Waals surface area contributed by atoms with Crippen LogP contribution in [0.2, 0.25) is 0 Å². The number of amides is 3. The number of anilines is 1. The lowest BCUT2D eigenvalue weighted by Gasteiger charge is -2.42. The third-order valence-corrected chi connectivity index (χ3v) is 7.26. The lowest BCUT2D eigenvalue weighted by atomic mass is 9.94. The Morgan fingerprint density at radius 2 is 1.94 bits per heavy atom. The fraction of sp³-hybridized carbons (Fsp3) is 0.538. The van der Waals surface area contributed by atoms with Crippen LogP contribution in [0.4, 0.5) is 5.69 Å². The second-order valence-electron chi connectivity index (χ2n) is 9.91. The fourth-order valence-corrected chi connectivity index (χ4v) is 5.34. The Labute approximate surface area is 209 Å². The van der Waals surface area contributed by atoms with Gasteiger partial charge in [0.05, 0.1) is 24.1 Å².